The van der Waals surface area contributed by atoms with Crippen molar-refractivity contribution in [1.82, 2.24) is 5.32 Å². The van der Waals surface area contributed by atoms with Gasteiger partial charge in [0.15, 0.2) is 0 Å². The largest absolute Gasteiger partial charge is 0.452 e. The number of aliphatic hydroxyl groups excluding tert-OH is 1. The molecule has 2 heterocycles. The van der Waals surface area contributed by atoms with Crippen LogP contribution in [0.2, 0.25) is 5.22 Å². The van der Waals surface area contributed by atoms with E-state index < -0.39 is 0 Å². The van der Waals surface area contributed by atoms with E-state index in [1.165, 1.54) is 12.3 Å². The molecule has 1 fully saturated rings. The van der Waals surface area contributed by atoms with Gasteiger partial charge in [0.2, 0.25) is 5.22 Å². The van der Waals surface area contributed by atoms with E-state index in [1.54, 1.807) is 0 Å². The summed E-state index contributed by atoms with van der Waals surface area (Å²) in [6.45, 7) is 1.45. The summed E-state index contributed by atoms with van der Waals surface area (Å²) in [5.74, 6) is 0.0687. The minimum atomic E-state index is -0.260. The smallest absolute Gasteiger partial charge is 0.256 e. The quantitative estimate of drug-likeness (QED) is 0.867. The van der Waals surface area contributed by atoms with E-state index in [0.29, 0.717) is 31.1 Å². The second-order valence-electron chi connectivity index (χ2n) is 4.65. The predicted molar refractivity (Wildman–Crippen MR) is 70.2 cm³/mol. The Kier molecular flexibility index (Phi) is 5.24. The molecule has 0 spiro atoms. The normalized spacial score (nSPS) is 18.2. The van der Waals surface area contributed by atoms with Gasteiger partial charge in [-0.05, 0) is 42.8 Å². The molecule has 19 heavy (non-hydrogen) atoms. The van der Waals surface area contributed by atoms with Crippen molar-refractivity contribution in [3.8, 4) is 0 Å². The third kappa shape index (κ3) is 3.72. The predicted octanol–water partition coefficient (Wildman–Crippen LogP) is 1.84. The third-order valence-corrected chi connectivity index (χ3v) is 3.75. The fraction of sp³-hybridized carbons (Fsp3) is 0.615. The molecule has 0 aromatic carbocycles. The number of hydrogen-bond acceptors (Lipinski definition) is 4. The maximum atomic E-state index is 12.1. The maximum Gasteiger partial charge on any atom is 0.256 e. The lowest BCUT2D eigenvalue weighted by atomic mass is 9.89. The number of amides is 1. The number of nitrogens with one attached hydrogen (secondary N) is 1. The van der Waals surface area contributed by atoms with Gasteiger partial charge in [-0.2, -0.15) is 0 Å². The van der Waals surface area contributed by atoms with Gasteiger partial charge in [0, 0.05) is 25.9 Å². The van der Waals surface area contributed by atoms with Crippen LogP contribution in [0.4, 0.5) is 0 Å². The maximum absolute atomic E-state index is 12.1. The van der Waals surface area contributed by atoms with Gasteiger partial charge >= 0.3 is 0 Å². The molecule has 5 nitrogen and oxygen atoms in total. The molecule has 6 heteroatoms. The molecule has 0 saturated carbocycles. The first-order valence-electron chi connectivity index (χ1n) is 6.45. The number of rotatable bonds is 5. The Morgan fingerprint density at radius 2 is 2.26 bits per heavy atom. The number of ether oxygens (including phenoxy) is 1. The standard InChI is InChI=1S/C13H18ClNO4/c14-12-10(4-8-19-12)13(17)15-11(1-5-16)9-2-6-18-7-3-9/h4,8-9,11,16H,1-3,5-7H2,(H,15,17). The van der Waals surface area contributed by atoms with Gasteiger partial charge in [-0.1, -0.05) is 0 Å². The zero-order valence-corrected chi connectivity index (χ0v) is 11.4. The molecule has 0 bridgehead atoms. The number of hydrogen-bond donors (Lipinski definition) is 2. The Morgan fingerprint density at radius 1 is 1.53 bits per heavy atom. The summed E-state index contributed by atoms with van der Waals surface area (Å²) >= 11 is 5.78. The van der Waals surface area contributed by atoms with Gasteiger partial charge in [0.05, 0.1) is 11.8 Å². The van der Waals surface area contributed by atoms with Gasteiger partial charge < -0.3 is 19.6 Å². The van der Waals surface area contributed by atoms with E-state index in [-0.39, 0.29) is 23.8 Å². The van der Waals surface area contributed by atoms with Crippen molar-refractivity contribution in [3.05, 3.63) is 23.1 Å². The summed E-state index contributed by atoms with van der Waals surface area (Å²) in [7, 11) is 0. The summed E-state index contributed by atoms with van der Waals surface area (Å²) in [5, 5.41) is 12.2. The van der Waals surface area contributed by atoms with E-state index in [2.05, 4.69) is 5.32 Å². The summed E-state index contributed by atoms with van der Waals surface area (Å²) in [6.07, 6.45) is 3.70. The van der Waals surface area contributed by atoms with Crippen LogP contribution < -0.4 is 5.32 Å². The van der Waals surface area contributed by atoms with Crippen LogP contribution in [0, 0.1) is 5.92 Å². The first kappa shape index (κ1) is 14.4. The van der Waals surface area contributed by atoms with E-state index in [0.717, 1.165) is 12.8 Å². The topological polar surface area (TPSA) is 71.7 Å². The fourth-order valence-corrected chi connectivity index (χ4v) is 2.59. The molecule has 1 saturated heterocycles. The molecule has 2 N–H and O–H groups in total. The average Bonchev–Trinajstić information content (AvgIpc) is 2.85. The molecule has 1 unspecified atom stereocenters. The van der Waals surface area contributed by atoms with Crippen LogP contribution in [0.5, 0.6) is 0 Å². The number of carbonyl (C=O) groups is 1. The fourth-order valence-electron chi connectivity index (χ4n) is 2.38. The number of furan rings is 1. The third-order valence-electron chi connectivity index (χ3n) is 3.45. The molecule has 2 rings (SSSR count). The van der Waals surface area contributed by atoms with Crippen molar-refractivity contribution in [1.29, 1.82) is 0 Å². The van der Waals surface area contributed by atoms with Crippen LogP contribution >= 0.6 is 11.6 Å². The Hall–Kier alpha value is -1.04. The lowest BCUT2D eigenvalue weighted by Gasteiger charge is -2.30. The Labute approximate surface area is 116 Å². The number of aliphatic hydroxyl groups is 1. The van der Waals surface area contributed by atoms with E-state index in [9.17, 15) is 4.79 Å². The van der Waals surface area contributed by atoms with Crippen molar-refractivity contribution >= 4 is 17.5 Å². The van der Waals surface area contributed by atoms with Crippen LogP contribution in [0.15, 0.2) is 16.7 Å². The monoisotopic (exact) mass is 287 g/mol. The van der Waals surface area contributed by atoms with Crippen LogP contribution in [0.25, 0.3) is 0 Å². The van der Waals surface area contributed by atoms with Crippen LogP contribution in [0.1, 0.15) is 29.6 Å². The zero-order valence-electron chi connectivity index (χ0n) is 10.6. The summed E-state index contributed by atoms with van der Waals surface area (Å²) in [5.41, 5.74) is 0.330. The molecule has 1 aromatic heterocycles. The van der Waals surface area contributed by atoms with E-state index in [1.807, 2.05) is 0 Å². The molecule has 0 aliphatic carbocycles. The second-order valence-corrected chi connectivity index (χ2v) is 4.99. The summed E-state index contributed by atoms with van der Waals surface area (Å²) in [6, 6.07) is 1.48. The van der Waals surface area contributed by atoms with Crippen molar-refractivity contribution in [2.24, 2.45) is 5.92 Å². The Morgan fingerprint density at radius 3 is 2.84 bits per heavy atom. The highest BCUT2D eigenvalue weighted by Gasteiger charge is 2.26. The van der Waals surface area contributed by atoms with Gasteiger partial charge in [-0.15, -0.1) is 0 Å². The van der Waals surface area contributed by atoms with Gasteiger partial charge in [-0.25, -0.2) is 0 Å². The summed E-state index contributed by atoms with van der Waals surface area (Å²) < 4.78 is 10.2. The minimum absolute atomic E-state index is 0.0431. The van der Waals surface area contributed by atoms with E-state index >= 15 is 0 Å². The highest BCUT2D eigenvalue weighted by molar-refractivity contribution is 6.32. The highest BCUT2D eigenvalue weighted by Crippen LogP contribution is 2.22. The van der Waals surface area contributed by atoms with Gasteiger partial charge in [-0.3, -0.25) is 4.79 Å². The van der Waals surface area contributed by atoms with Gasteiger partial charge in [0.25, 0.3) is 5.91 Å². The molecule has 1 aliphatic heterocycles. The van der Waals surface area contributed by atoms with Crippen LogP contribution in [0.3, 0.4) is 0 Å². The molecule has 0 radical (unpaired) electrons. The first-order chi connectivity index (χ1) is 9.22. The van der Waals surface area contributed by atoms with Crippen molar-refractivity contribution in [2.75, 3.05) is 19.8 Å². The Bertz CT molecular complexity index is 415. The SMILES string of the molecule is O=C(NC(CCO)C1CCOCC1)c1ccoc1Cl. The molecular weight excluding hydrogens is 270 g/mol. The Balaban J connectivity index is 1.99. The highest BCUT2D eigenvalue weighted by atomic mass is 35.5. The second kappa shape index (κ2) is 6.93. The van der Waals surface area contributed by atoms with Crippen molar-refractivity contribution in [2.45, 2.75) is 25.3 Å². The van der Waals surface area contributed by atoms with Crippen molar-refractivity contribution < 1.29 is 19.1 Å². The van der Waals surface area contributed by atoms with Crippen molar-refractivity contribution in [3.63, 3.8) is 0 Å². The average molecular weight is 288 g/mol. The first-order valence-corrected chi connectivity index (χ1v) is 6.82. The van der Waals surface area contributed by atoms with Crippen LogP contribution in [-0.2, 0) is 4.74 Å². The number of halogens is 1. The van der Waals surface area contributed by atoms with Crippen LogP contribution in [-0.4, -0.2) is 36.9 Å². The van der Waals surface area contributed by atoms with E-state index in [4.69, 9.17) is 25.9 Å². The minimum Gasteiger partial charge on any atom is -0.452 e. The van der Waals surface area contributed by atoms with Gasteiger partial charge in [0.1, 0.15) is 0 Å². The molecule has 1 aromatic rings. The number of carbonyl (C=O) groups excluding carboxylic acids is 1. The lowest BCUT2D eigenvalue weighted by Crippen LogP contribution is -2.43. The lowest BCUT2D eigenvalue weighted by molar-refractivity contribution is 0.0478. The zero-order chi connectivity index (χ0) is 13.7. The molecular formula is C13H18ClNO4. The summed E-state index contributed by atoms with van der Waals surface area (Å²) in [4.78, 5) is 12.1. The molecule has 1 aliphatic rings. The molecule has 1 amide bonds. The molecule has 106 valence electrons. The molecule has 1 atom stereocenters.